The molecule has 0 aliphatic carbocycles. The summed E-state index contributed by atoms with van der Waals surface area (Å²) in [5.74, 6) is 0.659. The summed E-state index contributed by atoms with van der Waals surface area (Å²) in [7, 11) is 0.598. The maximum Gasteiger partial charge on any atom is 0.244 e. The second-order valence-corrected chi connectivity index (χ2v) is 8.18. The molecule has 26 heavy (non-hydrogen) atoms. The zero-order chi connectivity index (χ0) is 19.2. The van der Waals surface area contributed by atoms with Crippen LogP contribution in [0.2, 0.25) is 0 Å². The normalized spacial score (nSPS) is 13.2. The molecule has 2 aromatic rings. The van der Waals surface area contributed by atoms with Crippen LogP contribution in [0.15, 0.2) is 53.6 Å². The van der Waals surface area contributed by atoms with Crippen LogP contribution in [0, 0.1) is 0 Å². The Morgan fingerprint density at radius 2 is 1.69 bits per heavy atom. The Balaban J connectivity index is 2.09. The lowest BCUT2D eigenvalue weighted by molar-refractivity contribution is 0.311. The van der Waals surface area contributed by atoms with Crippen LogP contribution < -0.4 is 5.32 Å². The molecule has 0 bridgehead atoms. The third-order valence-electron chi connectivity index (χ3n) is 4.36. The number of nitrogens with zero attached hydrogens (tertiary/aromatic N) is 3. The third kappa shape index (κ3) is 4.81. The monoisotopic (exact) mass is 376 g/mol. The van der Waals surface area contributed by atoms with Crippen molar-refractivity contribution in [3.63, 3.8) is 0 Å². The molecule has 0 aliphatic rings. The maximum atomic E-state index is 12.5. The van der Waals surface area contributed by atoms with E-state index >= 15 is 0 Å². The fourth-order valence-electron chi connectivity index (χ4n) is 2.83. The van der Waals surface area contributed by atoms with Crippen molar-refractivity contribution in [3.05, 3.63) is 54.2 Å². The van der Waals surface area contributed by atoms with E-state index in [4.69, 9.17) is 0 Å². The lowest BCUT2D eigenvalue weighted by Gasteiger charge is -2.25. The van der Waals surface area contributed by atoms with E-state index in [1.54, 1.807) is 12.1 Å². The van der Waals surface area contributed by atoms with Crippen molar-refractivity contribution in [3.8, 4) is 0 Å². The highest BCUT2D eigenvalue weighted by atomic mass is 32.2. The first-order valence-electron chi connectivity index (χ1n) is 8.81. The van der Waals surface area contributed by atoms with Gasteiger partial charge in [-0.2, -0.15) is 4.31 Å². The van der Waals surface area contributed by atoms with Crippen molar-refractivity contribution in [1.29, 1.82) is 0 Å². The van der Waals surface area contributed by atoms with E-state index < -0.39 is 10.0 Å². The average molecular weight is 377 g/mol. The zero-order valence-corrected chi connectivity index (χ0v) is 16.7. The van der Waals surface area contributed by atoms with E-state index in [-0.39, 0.29) is 10.9 Å². The lowest BCUT2D eigenvalue weighted by Crippen LogP contribution is -2.30. The third-order valence-corrected chi connectivity index (χ3v) is 6.40. The van der Waals surface area contributed by atoms with Gasteiger partial charge in [0.1, 0.15) is 10.7 Å². The highest BCUT2D eigenvalue weighted by Gasteiger charge is 2.22. The number of hydrogen-bond donors (Lipinski definition) is 1. The molecule has 0 fully saturated rings. The molecule has 142 valence electrons. The minimum atomic E-state index is -3.47. The molecule has 0 spiro atoms. The molecule has 0 aliphatic heterocycles. The van der Waals surface area contributed by atoms with E-state index in [0.29, 0.717) is 25.5 Å². The molecular formula is C19H28N4O2S. The average Bonchev–Trinajstić information content (AvgIpc) is 2.63. The number of hydrogen-bond acceptors (Lipinski definition) is 5. The second kappa shape index (κ2) is 9.12. The smallest absolute Gasteiger partial charge is 0.244 e. The topological polar surface area (TPSA) is 65.5 Å². The van der Waals surface area contributed by atoms with Crippen LogP contribution in [-0.2, 0) is 10.0 Å². The van der Waals surface area contributed by atoms with Gasteiger partial charge in [-0.15, -0.1) is 0 Å². The van der Waals surface area contributed by atoms with E-state index in [2.05, 4.69) is 27.3 Å². The number of nitrogens with one attached hydrogen (secondary N) is 1. The number of benzene rings is 1. The Morgan fingerprint density at radius 1 is 1.04 bits per heavy atom. The van der Waals surface area contributed by atoms with Crippen LogP contribution in [0.5, 0.6) is 0 Å². The molecule has 0 amide bonds. The van der Waals surface area contributed by atoms with Crippen molar-refractivity contribution >= 4 is 15.8 Å². The fraction of sp³-hybridized carbons (Fsp3) is 0.421. The fourth-order valence-corrected chi connectivity index (χ4v) is 4.23. The highest BCUT2D eigenvalue weighted by Crippen LogP contribution is 2.20. The molecule has 0 saturated heterocycles. The molecule has 0 unspecified atom stereocenters. The summed E-state index contributed by atoms with van der Waals surface area (Å²) in [6.07, 6.45) is 1.42. The van der Waals surface area contributed by atoms with Crippen molar-refractivity contribution < 1.29 is 8.42 Å². The lowest BCUT2D eigenvalue weighted by atomic mass is 10.1. The van der Waals surface area contributed by atoms with E-state index in [1.807, 2.05) is 46.1 Å². The molecule has 1 heterocycles. The summed E-state index contributed by atoms with van der Waals surface area (Å²) < 4.78 is 26.4. The number of pyridine rings is 1. The van der Waals surface area contributed by atoms with E-state index in [0.717, 1.165) is 0 Å². The first-order chi connectivity index (χ1) is 12.4. The SMILES string of the molecule is CCN(CC)S(=O)(=O)c1ccc(NC[C@H](c2ccccc2)N(C)C)nc1. The molecule has 1 aromatic heterocycles. The number of sulfonamides is 1. The van der Waals surface area contributed by atoms with E-state index in [9.17, 15) is 8.42 Å². The standard InChI is InChI=1S/C19H28N4O2S/c1-5-23(6-2)26(24,25)17-12-13-19(20-14-17)21-15-18(22(3)4)16-10-8-7-9-11-16/h7-14,18H,5-6,15H2,1-4H3,(H,20,21)/t18-/m1/s1. The zero-order valence-electron chi connectivity index (χ0n) is 15.9. The minimum Gasteiger partial charge on any atom is -0.368 e. The van der Waals surface area contributed by atoms with E-state index in [1.165, 1.54) is 16.1 Å². The molecule has 6 nitrogen and oxygen atoms in total. The number of likely N-dealkylation sites (N-methyl/N-ethyl adjacent to an activating group) is 1. The van der Waals surface area contributed by atoms with Gasteiger partial charge < -0.3 is 10.2 Å². The van der Waals surface area contributed by atoms with Crippen LogP contribution >= 0.6 is 0 Å². The quantitative estimate of drug-likeness (QED) is 0.729. The van der Waals surface area contributed by atoms with Gasteiger partial charge in [-0.05, 0) is 31.8 Å². The summed E-state index contributed by atoms with van der Waals surface area (Å²) in [6, 6.07) is 13.8. The Labute approximate surface area is 156 Å². The van der Waals surface area contributed by atoms with Gasteiger partial charge in [0, 0.05) is 25.8 Å². The largest absolute Gasteiger partial charge is 0.368 e. The Bertz CT molecular complexity index is 773. The van der Waals surface area contributed by atoms with Crippen molar-refractivity contribution in [2.45, 2.75) is 24.8 Å². The van der Waals surface area contributed by atoms with Crippen LogP contribution in [-0.4, -0.2) is 56.3 Å². The highest BCUT2D eigenvalue weighted by molar-refractivity contribution is 7.89. The van der Waals surface area contributed by atoms with Gasteiger partial charge in [0.05, 0.1) is 6.04 Å². The first-order valence-corrected chi connectivity index (χ1v) is 10.3. The van der Waals surface area contributed by atoms with Crippen molar-refractivity contribution in [1.82, 2.24) is 14.2 Å². The molecule has 1 N–H and O–H groups in total. The van der Waals surface area contributed by atoms with Crippen molar-refractivity contribution in [2.24, 2.45) is 0 Å². The van der Waals surface area contributed by atoms with Crippen LogP contribution in [0.3, 0.4) is 0 Å². The molecule has 0 saturated carbocycles. The molecule has 0 radical (unpaired) electrons. The van der Waals surface area contributed by atoms with Gasteiger partial charge in [0.2, 0.25) is 10.0 Å². The first kappa shape index (κ1) is 20.4. The predicted molar refractivity (Wildman–Crippen MR) is 106 cm³/mol. The van der Waals surface area contributed by atoms with Gasteiger partial charge in [0.25, 0.3) is 0 Å². The summed E-state index contributed by atoms with van der Waals surface area (Å²) in [5, 5.41) is 3.30. The molecule has 2 rings (SSSR count). The molecule has 1 atom stereocenters. The number of rotatable bonds is 9. The second-order valence-electron chi connectivity index (χ2n) is 6.24. The maximum absolute atomic E-state index is 12.5. The van der Waals surface area contributed by atoms with Gasteiger partial charge in [-0.25, -0.2) is 13.4 Å². The number of anilines is 1. The predicted octanol–water partition coefficient (Wildman–Crippen LogP) is 2.83. The summed E-state index contributed by atoms with van der Waals surface area (Å²) >= 11 is 0. The Morgan fingerprint density at radius 3 is 2.19 bits per heavy atom. The van der Waals surface area contributed by atoms with Gasteiger partial charge in [-0.3, -0.25) is 0 Å². The summed E-state index contributed by atoms with van der Waals surface area (Å²) in [5.41, 5.74) is 1.21. The van der Waals surface area contributed by atoms with Crippen LogP contribution in [0.25, 0.3) is 0 Å². The van der Waals surface area contributed by atoms with Gasteiger partial charge in [0.15, 0.2) is 0 Å². The van der Waals surface area contributed by atoms with Crippen LogP contribution in [0.1, 0.15) is 25.5 Å². The minimum absolute atomic E-state index is 0.192. The molecule has 7 heteroatoms. The molecular weight excluding hydrogens is 348 g/mol. The van der Waals surface area contributed by atoms with Crippen LogP contribution in [0.4, 0.5) is 5.82 Å². The Kier molecular flexibility index (Phi) is 7.14. The van der Waals surface area contributed by atoms with Gasteiger partial charge >= 0.3 is 0 Å². The summed E-state index contributed by atoms with van der Waals surface area (Å²) in [6.45, 7) is 5.22. The molecule has 1 aromatic carbocycles. The Hall–Kier alpha value is -1.96. The summed E-state index contributed by atoms with van der Waals surface area (Å²) in [4.78, 5) is 6.65. The number of aromatic nitrogens is 1. The van der Waals surface area contributed by atoms with Crippen molar-refractivity contribution in [2.75, 3.05) is 39.0 Å². The van der Waals surface area contributed by atoms with Gasteiger partial charge in [-0.1, -0.05) is 44.2 Å².